The topological polar surface area (TPSA) is 45.2 Å². The summed E-state index contributed by atoms with van der Waals surface area (Å²) in [4.78, 5) is 19.0. The van der Waals surface area contributed by atoms with E-state index in [0.717, 1.165) is 55.3 Å². The number of benzene rings is 1. The predicted molar refractivity (Wildman–Crippen MR) is 114 cm³/mol. The zero-order chi connectivity index (χ0) is 17.6. The lowest BCUT2D eigenvalue weighted by Crippen LogP contribution is -2.41. The van der Waals surface area contributed by atoms with Gasteiger partial charge in [-0.2, -0.15) is 0 Å². The van der Waals surface area contributed by atoms with Gasteiger partial charge >= 0.3 is 0 Å². The Morgan fingerprint density at radius 2 is 2.07 bits per heavy atom. The lowest BCUT2D eigenvalue weighted by molar-refractivity contribution is -0.131. The van der Waals surface area contributed by atoms with Gasteiger partial charge in [-0.25, -0.2) is 9.37 Å². The number of amides is 1. The van der Waals surface area contributed by atoms with Crippen LogP contribution in [0.25, 0.3) is 10.6 Å². The zero-order valence-corrected chi connectivity index (χ0v) is 17.8. The van der Waals surface area contributed by atoms with Crippen molar-refractivity contribution in [1.82, 2.24) is 15.2 Å². The fourth-order valence-electron chi connectivity index (χ4n) is 3.14. The summed E-state index contributed by atoms with van der Waals surface area (Å²) in [5.41, 5.74) is 1.52. The highest BCUT2D eigenvalue weighted by Crippen LogP contribution is 2.25. The molecule has 8 heteroatoms. The van der Waals surface area contributed by atoms with E-state index in [1.807, 2.05) is 16.3 Å². The number of aromatic nitrogens is 1. The molecular weight excluding hydrogens is 408 g/mol. The molecule has 2 aromatic rings. The molecule has 0 spiro atoms. The SMILES string of the molecule is CCNCC1CCN(C(=O)Cc2csc(-c3cccc(F)c3)n2)CC1.Cl.Cl. The standard InChI is InChI=1S/C19H24FN3OS.2ClH/c1-2-21-12-14-6-8-23(9-7-14)18(24)11-17-13-25-19(22-17)15-4-3-5-16(20)10-15;;/h3-5,10,13-14,21H,2,6-9,11-12H2,1H3;2*1H. The van der Waals surface area contributed by atoms with Crippen LogP contribution in [0.15, 0.2) is 29.6 Å². The number of hydrogen-bond acceptors (Lipinski definition) is 4. The summed E-state index contributed by atoms with van der Waals surface area (Å²) < 4.78 is 13.3. The van der Waals surface area contributed by atoms with Crippen molar-refractivity contribution < 1.29 is 9.18 Å². The molecule has 1 aromatic carbocycles. The monoisotopic (exact) mass is 433 g/mol. The van der Waals surface area contributed by atoms with E-state index in [4.69, 9.17) is 0 Å². The molecule has 150 valence electrons. The summed E-state index contributed by atoms with van der Waals surface area (Å²) in [6.45, 7) is 5.81. The van der Waals surface area contributed by atoms with Gasteiger partial charge in [-0.1, -0.05) is 19.1 Å². The third-order valence-electron chi connectivity index (χ3n) is 4.61. The van der Waals surface area contributed by atoms with Gasteiger partial charge in [0.25, 0.3) is 0 Å². The van der Waals surface area contributed by atoms with Gasteiger partial charge in [-0.3, -0.25) is 4.79 Å². The number of carbonyl (C=O) groups excluding carboxylic acids is 1. The van der Waals surface area contributed by atoms with Crippen LogP contribution in [0.2, 0.25) is 0 Å². The number of carbonyl (C=O) groups is 1. The van der Waals surface area contributed by atoms with Crippen LogP contribution in [-0.2, 0) is 11.2 Å². The average Bonchev–Trinajstić information content (AvgIpc) is 3.09. The van der Waals surface area contributed by atoms with Crippen LogP contribution in [0, 0.1) is 11.7 Å². The maximum atomic E-state index is 13.3. The predicted octanol–water partition coefficient (Wildman–Crippen LogP) is 4.18. The van der Waals surface area contributed by atoms with E-state index in [-0.39, 0.29) is 36.5 Å². The van der Waals surface area contributed by atoms with Crippen molar-refractivity contribution in [2.75, 3.05) is 26.2 Å². The third kappa shape index (κ3) is 6.71. The van der Waals surface area contributed by atoms with Crippen molar-refractivity contribution in [3.63, 3.8) is 0 Å². The number of thiazole rings is 1. The van der Waals surface area contributed by atoms with Gasteiger partial charge in [-0.05, 0) is 44.0 Å². The van der Waals surface area contributed by atoms with Crippen molar-refractivity contribution in [1.29, 1.82) is 0 Å². The van der Waals surface area contributed by atoms with Gasteiger partial charge in [0.2, 0.25) is 5.91 Å². The number of halogens is 3. The van der Waals surface area contributed by atoms with E-state index in [1.54, 1.807) is 6.07 Å². The van der Waals surface area contributed by atoms with E-state index < -0.39 is 0 Å². The minimum absolute atomic E-state index is 0. The van der Waals surface area contributed by atoms with Crippen LogP contribution in [0.5, 0.6) is 0 Å². The molecule has 0 unspecified atom stereocenters. The second-order valence-electron chi connectivity index (χ2n) is 6.46. The highest BCUT2D eigenvalue weighted by atomic mass is 35.5. The number of hydrogen-bond donors (Lipinski definition) is 1. The van der Waals surface area contributed by atoms with Crippen LogP contribution in [0.1, 0.15) is 25.5 Å². The van der Waals surface area contributed by atoms with E-state index >= 15 is 0 Å². The molecule has 0 saturated carbocycles. The Kier molecular flexibility index (Phi) is 10.2. The molecule has 1 amide bonds. The van der Waals surface area contributed by atoms with Gasteiger partial charge in [0, 0.05) is 24.0 Å². The molecule has 4 nitrogen and oxygen atoms in total. The minimum Gasteiger partial charge on any atom is -0.342 e. The smallest absolute Gasteiger partial charge is 0.228 e. The summed E-state index contributed by atoms with van der Waals surface area (Å²) in [6, 6.07) is 6.40. The summed E-state index contributed by atoms with van der Waals surface area (Å²) in [7, 11) is 0. The molecule has 0 atom stereocenters. The van der Waals surface area contributed by atoms with E-state index in [0.29, 0.717) is 12.3 Å². The lowest BCUT2D eigenvalue weighted by Gasteiger charge is -2.32. The Bertz CT molecular complexity index is 720. The number of piperidine rings is 1. The largest absolute Gasteiger partial charge is 0.342 e. The highest BCUT2D eigenvalue weighted by Gasteiger charge is 2.23. The number of rotatable bonds is 6. The molecule has 3 rings (SSSR count). The number of nitrogens with zero attached hydrogens (tertiary/aromatic N) is 2. The summed E-state index contributed by atoms with van der Waals surface area (Å²) in [5.74, 6) is 0.534. The third-order valence-corrected chi connectivity index (χ3v) is 5.55. The Morgan fingerprint density at radius 3 is 2.74 bits per heavy atom. The molecule has 27 heavy (non-hydrogen) atoms. The van der Waals surface area contributed by atoms with Gasteiger partial charge < -0.3 is 10.2 Å². The molecule has 1 aliphatic rings. The van der Waals surface area contributed by atoms with Crippen molar-refractivity contribution >= 4 is 42.1 Å². The summed E-state index contributed by atoms with van der Waals surface area (Å²) in [5, 5.41) is 6.04. The molecular formula is C19H26Cl2FN3OS. The fourth-order valence-corrected chi connectivity index (χ4v) is 3.96. The first-order valence-electron chi connectivity index (χ1n) is 8.84. The van der Waals surface area contributed by atoms with E-state index in [1.165, 1.54) is 23.5 Å². The van der Waals surface area contributed by atoms with Crippen molar-refractivity contribution in [3.8, 4) is 10.6 Å². The first-order valence-corrected chi connectivity index (χ1v) is 9.72. The molecule has 1 aliphatic heterocycles. The van der Waals surface area contributed by atoms with Gasteiger partial charge in [0.15, 0.2) is 0 Å². The van der Waals surface area contributed by atoms with Crippen molar-refractivity contribution in [3.05, 3.63) is 41.2 Å². The Morgan fingerprint density at radius 1 is 1.33 bits per heavy atom. The van der Waals surface area contributed by atoms with E-state index in [2.05, 4.69) is 17.2 Å². The molecule has 1 saturated heterocycles. The summed E-state index contributed by atoms with van der Waals surface area (Å²) in [6.07, 6.45) is 2.44. The zero-order valence-electron chi connectivity index (χ0n) is 15.3. The normalized spacial score (nSPS) is 14.4. The fraction of sp³-hybridized carbons (Fsp3) is 0.474. The maximum Gasteiger partial charge on any atom is 0.228 e. The van der Waals surface area contributed by atoms with Crippen LogP contribution < -0.4 is 5.32 Å². The van der Waals surface area contributed by atoms with Crippen LogP contribution in [0.3, 0.4) is 0 Å². The number of nitrogens with one attached hydrogen (secondary N) is 1. The second kappa shape index (κ2) is 11.6. The molecule has 1 fully saturated rings. The Labute approximate surface area is 176 Å². The molecule has 1 aromatic heterocycles. The van der Waals surface area contributed by atoms with Gasteiger partial charge in [-0.15, -0.1) is 36.2 Å². The average molecular weight is 434 g/mol. The first-order chi connectivity index (χ1) is 12.2. The minimum atomic E-state index is -0.272. The second-order valence-corrected chi connectivity index (χ2v) is 7.32. The van der Waals surface area contributed by atoms with Crippen molar-refractivity contribution in [2.24, 2.45) is 5.92 Å². The molecule has 0 bridgehead atoms. The van der Waals surface area contributed by atoms with Gasteiger partial charge in [0.05, 0.1) is 12.1 Å². The summed E-state index contributed by atoms with van der Waals surface area (Å²) >= 11 is 1.45. The van der Waals surface area contributed by atoms with Gasteiger partial charge in [0.1, 0.15) is 10.8 Å². The Balaban J connectivity index is 0.00000182. The Hall–Kier alpha value is -1.21. The lowest BCUT2D eigenvalue weighted by atomic mass is 9.96. The molecule has 2 heterocycles. The van der Waals surface area contributed by atoms with E-state index in [9.17, 15) is 9.18 Å². The molecule has 1 N–H and O–H groups in total. The van der Waals surface area contributed by atoms with Crippen LogP contribution in [-0.4, -0.2) is 42.0 Å². The maximum absolute atomic E-state index is 13.3. The van der Waals surface area contributed by atoms with Crippen LogP contribution >= 0.6 is 36.2 Å². The van der Waals surface area contributed by atoms with Crippen molar-refractivity contribution in [2.45, 2.75) is 26.2 Å². The first kappa shape index (κ1) is 23.8. The quantitative estimate of drug-likeness (QED) is 0.742. The van der Waals surface area contributed by atoms with Crippen LogP contribution in [0.4, 0.5) is 4.39 Å². The molecule has 0 radical (unpaired) electrons. The highest BCUT2D eigenvalue weighted by molar-refractivity contribution is 7.13. The number of likely N-dealkylation sites (tertiary alicyclic amines) is 1. The molecule has 0 aliphatic carbocycles.